The zero-order valence-corrected chi connectivity index (χ0v) is 10.9. The molecule has 0 bridgehead atoms. The third kappa shape index (κ3) is 3.08. The van der Waals surface area contributed by atoms with Crippen molar-refractivity contribution >= 4 is 5.91 Å². The summed E-state index contributed by atoms with van der Waals surface area (Å²) in [5.41, 5.74) is 0.996. The summed E-state index contributed by atoms with van der Waals surface area (Å²) in [4.78, 5) is 14.3. The Morgan fingerprint density at radius 2 is 2.17 bits per heavy atom. The van der Waals surface area contributed by atoms with Gasteiger partial charge in [-0.3, -0.25) is 14.8 Å². The maximum Gasteiger partial charge on any atom is 0.237 e. The second kappa shape index (κ2) is 5.97. The minimum absolute atomic E-state index is 0.0124. The van der Waals surface area contributed by atoms with Gasteiger partial charge in [0.15, 0.2) is 0 Å². The Morgan fingerprint density at radius 3 is 2.78 bits per heavy atom. The summed E-state index contributed by atoms with van der Waals surface area (Å²) in [6.07, 6.45) is 3.54. The summed E-state index contributed by atoms with van der Waals surface area (Å²) in [7, 11) is 0. The van der Waals surface area contributed by atoms with E-state index in [4.69, 9.17) is 0 Å². The van der Waals surface area contributed by atoms with Gasteiger partial charge in [-0.25, -0.2) is 0 Å². The Labute approximate surface area is 107 Å². The van der Waals surface area contributed by atoms with E-state index in [1.165, 1.54) is 0 Å². The molecule has 0 aliphatic carbocycles. The van der Waals surface area contributed by atoms with E-state index in [9.17, 15) is 4.79 Å². The molecular formula is C12H21N5O. The summed E-state index contributed by atoms with van der Waals surface area (Å²) in [5.74, 6) is 0.0746. The normalized spacial score (nSPS) is 20.3. The van der Waals surface area contributed by atoms with Crippen LogP contribution in [0.1, 0.15) is 25.5 Å². The molecule has 2 unspecified atom stereocenters. The van der Waals surface area contributed by atoms with E-state index in [2.05, 4.69) is 25.7 Å². The summed E-state index contributed by atoms with van der Waals surface area (Å²) in [5, 5.41) is 13.0. The van der Waals surface area contributed by atoms with Crippen LogP contribution in [0.25, 0.3) is 0 Å². The molecule has 2 atom stereocenters. The molecule has 0 aromatic carbocycles. The van der Waals surface area contributed by atoms with Crippen LogP contribution in [0.3, 0.4) is 0 Å². The number of hydrogen-bond acceptors (Lipinski definition) is 4. The number of H-pyrrole nitrogens is 1. The molecule has 6 nitrogen and oxygen atoms in total. The van der Waals surface area contributed by atoms with Gasteiger partial charge in [0.1, 0.15) is 0 Å². The lowest BCUT2D eigenvalue weighted by Crippen LogP contribution is -2.52. The van der Waals surface area contributed by atoms with Crippen LogP contribution in [0.15, 0.2) is 12.4 Å². The van der Waals surface area contributed by atoms with Crippen LogP contribution in [-0.2, 0) is 4.79 Å². The molecule has 1 aromatic rings. The van der Waals surface area contributed by atoms with Gasteiger partial charge in [-0.05, 0) is 13.8 Å². The third-order valence-electron chi connectivity index (χ3n) is 3.46. The predicted octanol–water partition coefficient (Wildman–Crippen LogP) is -0.119. The molecule has 1 aliphatic rings. The summed E-state index contributed by atoms with van der Waals surface area (Å²) in [6, 6.07) is -0.0944. The molecule has 1 saturated heterocycles. The first-order valence-electron chi connectivity index (χ1n) is 6.42. The van der Waals surface area contributed by atoms with E-state index in [0.717, 1.165) is 31.7 Å². The summed E-state index contributed by atoms with van der Waals surface area (Å²) < 4.78 is 0. The van der Waals surface area contributed by atoms with Crippen molar-refractivity contribution in [3.63, 3.8) is 0 Å². The van der Waals surface area contributed by atoms with E-state index in [0.29, 0.717) is 0 Å². The third-order valence-corrected chi connectivity index (χ3v) is 3.46. The molecule has 0 saturated carbocycles. The van der Waals surface area contributed by atoms with Crippen molar-refractivity contribution in [3.05, 3.63) is 18.0 Å². The fraction of sp³-hybridized carbons (Fsp3) is 0.667. The zero-order valence-electron chi connectivity index (χ0n) is 10.9. The van der Waals surface area contributed by atoms with Crippen molar-refractivity contribution in [2.24, 2.45) is 0 Å². The van der Waals surface area contributed by atoms with Crippen LogP contribution < -0.4 is 10.6 Å². The van der Waals surface area contributed by atoms with Gasteiger partial charge in [-0.1, -0.05) is 0 Å². The predicted molar refractivity (Wildman–Crippen MR) is 69.1 cm³/mol. The average Bonchev–Trinajstić information content (AvgIpc) is 2.92. The van der Waals surface area contributed by atoms with Gasteiger partial charge < -0.3 is 10.6 Å². The second-order valence-corrected chi connectivity index (χ2v) is 4.72. The van der Waals surface area contributed by atoms with E-state index in [1.54, 1.807) is 12.4 Å². The van der Waals surface area contributed by atoms with Gasteiger partial charge in [-0.2, -0.15) is 5.10 Å². The van der Waals surface area contributed by atoms with Crippen LogP contribution >= 0.6 is 0 Å². The Bertz CT molecular complexity index is 372. The topological polar surface area (TPSA) is 73.1 Å². The Morgan fingerprint density at radius 1 is 1.44 bits per heavy atom. The van der Waals surface area contributed by atoms with Crippen molar-refractivity contribution < 1.29 is 4.79 Å². The number of aromatic nitrogens is 2. The first-order chi connectivity index (χ1) is 8.68. The maximum atomic E-state index is 12.1. The van der Waals surface area contributed by atoms with Crippen LogP contribution in [0, 0.1) is 0 Å². The number of piperazine rings is 1. The van der Waals surface area contributed by atoms with Crippen LogP contribution in [0.2, 0.25) is 0 Å². The van der Waals surface area contributed by atoms with Gasteiger partial charge in [0.25, 0.3) is 0 Å². The Hall–Kier alpha value is -1.40. The lowest BCUT2D eigenvalue weighted by molar-refractivity contribution is -0.126. The smallest absolute Gasteiger partial charge is 0.237 e. The molecule has 1 aliphatic heterocycles. The minimum Gasteiger partial charge on any atom is -0.348 e. The van der Waals surface area contributed by atoms with E-state index >= 15 is 0 Å². The highest BCUT2D eigenvalue weighted by Gasteiger charge is 2.23. The highest BCUT2D eigenvalue weighted by atomic mass is 16.2. The molecule has 1 aromatic heterocycles. The molecule has 2 rings (SSSR count). The van der Waals surface area contributed by atoms with E-state index in [-0.39, 0.29) is 18.0 Å². The van der Waals surface area contributed by atoms with E-state index in [1.807, 2.05) is 13.8 Å². The SMILES string of the molecule is CC(NC(=O)C(C)N1CCNCC1)c1cn[nH]c1. The largest absolute Gasteiger partial charge is 0.348 e. The number of carbonyl (C=O) groups is 1. The molecular weight excluding hydrogens is 230 g/mol. The number of amides is 1. The standard InChI is InChI=1S/C12H21N5O/c1-9(11-7-14-15-8-11)16-12(18)10(2)17-5-3-13-4-6-17/h7-10,13H,3-6H2,1-2H3,(H,14,15)(H,16,18). The number of aromatic amines is 1. The second-order valence-electron chi connectivity index (χ2n) is 4.72. The molecule has 100 valence electrons. The monoisotopic (exact) mass is 251 g/mol. The van der Waals surface area contributed by atoms with Crippen molar-refractivity contribution in [3.8, 4) is 0 Å². The molecule has 18 heavy (non-hydrogen) atoms. The van der Waals surface area contributed by atoms with E-state index < -0.39 is 0 Å². The lowest BCUT2D eigenvalue weighted by atomic mass is 10.1. The number of carbonyl (C=O) groups excluding carboxylic acids is 1. The van der Waals surface area contributed by atoms with Crippen LogP contribution in [0.5, 0.6) is 0 Å². The lowest BCUT2D eigenvalue weighted by Gasteiger charge is -2.32. The minimum atomic E-state index is -0.0820. The van der Waals surface area contributed by atoms with Crippen molar-refractivity contribution in [2.45, 2.75) is 25.9 Å². The number of nitrogens with zero attached hydrogens (tertiary/aromatic N) is 2. The Balaban J connectivity index is 1.86. The number of nitrogens with one attached hydrogen (secondary N) is 3. The van der Waals surface area contributed by atoms with Crippen molar-refractivity contribution in [1.29, 1.82) is 0 Å². The zero-order chi connectivity index (χ0) is 13.0. The molecule has 6 heteroatoms. The molecule has 2 heterocycles. The van der Waals surface area contributed by atoms with Crippen molar-refractivity contribution in [1.82, 2.24) is 25.7 Å². The molecule has 0 spiro atoms. The molecule has 1 amide bonds. The van der Waals surface area contributed by atoms with Crippen LogP contribution in [0.4, 0.5) is 0 Å². The molecule has 0 radical (unpaired) electrons. The first-order valence-corrected chi connectivity index (χ1v) is 6.42. The van der Waals surface area contributed by atoms with Gasteiger partial charge >= 0.3 is 0 Å². The quantitative estimate of drug-likeness (QED) is 0.697. The number of rotatable bonds is 4. The number of hydrogen-bond donors (Lipinski definition) is 3. The molecule has 1 fully saturated rings. The average molecular weight is 251 g/mol. The highest BCUT2D eigenvalue weighted by Crippen LogP contribution is 2.10. The van der Waals surface area contributed by atoms with Crippen LogP contribution in [-0.4, -0.2) is 53.2 Å². The maximum absolute atomic E-state index is 12.1. The van der Waals surface area contributed by atoms with Gasteiger partial charge in [0, 0.05) is 37.9 Å². The Kier molecular flexibility index (Phi) is 4.33. The van der Waals surface area contributed by atoms with Gasteiger partial charge in [0.2, 0.25) is 5.91 Å². The van der Waals surface area contributed by atoms with Crippen molar-refractivity contribution in [2.75, 3.05) is 26.2 Å². The van der Waals surface area contributed by atoms with Gasteiger partial charge in [-0.15, -0.1) is 0 Å². The van der Waals surface area contributed by atoms with Gasteiger partial charge in [0.05, 0.1) is 18.3 Å². The summed E-state index contributed by atoms with van der Waals surface area (Å²) in [6.45, 7) is 7.68. The first kappa shape index (κ1) is 13.0. The molecule has 3 N–H and O–H groups in total. The summed E-state index contributed by atoms with van der Waals surface area (Å²) >= 11 is 0. The fourth-order valence-corrected chi connectivity index (χ4v) is 2.15. The highest BCUT2D eigenvalue weighted by molar-refractivity contribution is 5.81. The fourth-order valence-electron chi connectivity index (χ4n) is 2.15.